The van der Waals surface area contributed by atoms with Crippen molar-refractivity contribution in [2.24, 2.45) is 0 Å². The number of esters is 1. The van der Waals surface area contributed by atoms with Crippen molar-refractivity contribution >= 4 is 12.1 Å². The van der Waals surface area contributed by atoms with Crippen molar-refractivity contribution in [3.63, 3.8) is 0 Å². The van der Waals surface area contributed by atoms with Crippen molar-refractivity contribution in [2.75, 3.05) is 6.61 Å². The number of nitrogens with one attached hydrogen (secondary N) is 1. The standard InChI is InChI=1S/C18H17NO4/c1-18(12-22-17(21)19-18)15(13-8-4-2-5-9-13)23-16(20)14-10-6-3-7-11-14/h2-11,15H,12H2,1H3,(H,19,21)/t15-,18-/m1/s1. The van der Waals surface area contributed by atoms with E-state index in [2.05, 4.69) is 5.32 Å². The summed E-state index contributed by atoms with van der Waals surface area (Å²) in [4.78, 5) is 23.9. The van der Waals surface area contributed by atoms with E-state index in [9.17, 15) is 9.59 Å². The quantitative estimate of drug-likeness (QED) is 0.881. The largest absolute Gasteiger partial charge is 0.451 e. The number of carbonyl (C=O) groups is 2. The summed E-state index contributed by atoms with van der Waals surface area (Å²) >= 11 is 0. The van der Waals surface area contributed by atoms with E-state index in [-0.39, 0.29) is 6.61 Å². The van der Waals surface area contributed by atoms with Crippen molar-refractivity contribution in [3.8, 4) is 0 Å². The topological polar surface area (TPSA) is 64.6 Å². The molecule has 118 valence electrons. The van der Waals surface area contributed by atoms with Crippen LogP contribution in [0.1, 0.15) is 28.9 Å². The predicted molar refractivity (Wildman–Crippen MR) is 83.9 cm³/mol. The molecular formula is C18H17NO4. The Labute approximate surface area is 134 Å². The first kappa shape index (κ1) is 15.1. The van der Waals surface area contributed by atoms with E-state index in [4.69, 9.17) is 9.47 Å². The molecule has 5 nitrogen and oxygen atoms in total. The number of alkyl carbamates (subject to hydrolysis) is 1. The van der Waals surface area contributed by atoms with E-state index in [1.165, 1.54) is 0 Å². The normalized spacial score (nSPS) is 21.2. The van der Waals surface area contributed by atoms with E-state index in [0.29, 0.717) is 5.56 Å². The maximum absolute atomic E-state index is 12.4. The predicted octanol–water partition coefficient (Wildman–Crippen LogP) is 3.08. The molecule has 0 spiro atoms. The average molecular weight is 311 g/mol. The molecule has 1 aliphatic heterocycles. The van der Waals surface area contributed by atoms with Gasteiger partial charge in [-0.3, -0.25) is 0 Å². The number of benzene rings is 2. The Hall–Kier alpha value is -2.82. The van der Waals surface area contributed by atoms with Crippen LogP contribution < -0.4 is 5.32 Å². The fourth-order valence-electron chi connectivity index (χ4n) is 2.61. The highest BCUT2D eigenvalue weighted by Gasteiger charge is 2.45. The Kier molecular flexibility index (Phi) is 4.02. The zero-order valence-corrected chi connectivity index (χ0v) is 12.7. The molecule has 1 amide bonds. The highest BCUT2D eigenvalue weighted by Crippen LogP contribution is 2.33. The van der Waals surface area contributed by atoms with Gasteiger partial charge in [-0.15, -0.1) is 0 Å². The molecule has 1 heterocycles. The zero-order chi connectivity index (χ0) is 16.3. The van der Waals surface area contributed by atoms with Crippen LogP contribution in [0.4, 0.5) is 4.79 Å². The third-order valence-corrected chi connectivity index (χ3v) is 3.81. The maximum Gasteiger partial charge on any atom is 0.407 e. The van der Waals surface area contributed by atoms with Gasteiger partial charge in [-0.25, -0.2) is 9.59 Å². The van der Waals surface area contributed by atoms with Gasteiger partial charge in [0.2, 0.25) is 0 Å². The summed E-state index contributed by atoms with van der Waals surface area (Å²) < 4.78 is 10.7. The molecule has 23 heavy (non-hydrogen) atoms. The lowest BCUT2D eigenvalue weighted by atomic mass is 9.90. The SMILES string of the molecule is C[C@]1([C@H](OC(=O)c2ccccc2)c2ccccc2)COC(=O)N1. The van der Waals surface area contributed by atoms with Gasteiger partial charge in [-0.1, -0.05) is 48.5 Å². The third kappa shape index (κ3) is 3.18. The fourth-order valence-corrected chi connectivity index (χ4v) is 2.61. The lowest BCUT2D eigenvalue weighted by molar-refractivity contribution is 0.00271. The molecule has 0 unspecified atom stereocenters. The van der Waals surface area contributed by atoms with Crippen molar-refractivity contribution in [3.05, 3.63) is 71.8 Å². The first-order valence-electron chi connectivity index (χ1n) is 7.34. The molecule has 2 atom stereocenters. The lowest BCUT2D eigenvalue weighted by Crippen LogP contribution is -2.47. The van der Waals surface area contributed by atoms with Gasteiger partial charge in [-0.05, 0) is 24.6 Å². The maximum atomic E-state index is 12.4. The second kappa shape index (κ2) is 6.12. The van der Waals surface area contributed by atoms with Crippen LogP contribution in [-0.2, 0) is 9.47 Å². The van der Waals surface area contributed by atoms with Crippen LogP contribution in [0.5, 0.6) is 0 Å². The fraction of sp³-hybridized carbons (Fsp3) is 0.222. The summed E-state index contributed by atoms with van der Waals surface area (Å²) in [6, 6.07) is 18.1. The average Bonchev–Trinajstić information content (AvgIpc) is 2.94. The van der Waals surface area contributed by atoms with E-state index >= 15 is 0 Å². The summed E-state index contributed by atoms with van der Waals surface area (Å²) in [6.45, 7) is 1.93. The van der Waals surface area contributed by atoms with Crippen molar-refractivity contribution in [1.82, 2.24) is 5.32 Å². The molecule has 1 N–H and O–H groups in total. The Morgan fingerprint density at radius 3 is 2.30 bits per heavy atom. The third-order valence-electron chi connectivity index (χ3n) is 3.81. The number of hydrogen-bond acceptors (Lipinski definition) is 4. The summed E-state index contributed by atoms with van der Waals surface area (Å²) in [7, 11) is 0. The summed E-state index contributed by atoms with van der Waals surface area (Å²) in [5, 5.41) is 2.75. The molecule has 2 aromatic rings. The summed E-state index contributed by atoms with van der Waals surface area (Å²) in [6.07, 6.45) is -1.16. The van der Waals surface area contributed by atoms with Gasteiger partial charge in [0.25, 0.3) is 0 Å². The Bertz CT molecular complexity index is 701. The van der Waals surface area contributed by atoms with Gasteiger partial charge in [0, 0.05) is 0 Å². The number of rotatable bonds is 4. The van der Waals surface area contributed by atoms with Crippen molar-refractivity contribution in [2.45, 2.75) is 18.6 Å². The summed E-state index contributed by atoms with van der Waals surface area (Å²) in [5.41, 5.74) is 0.440. The Morgan fingerprint density at radius 2 is 1.74 bits per heavy atom. The van der Waals surface area contributed by atoms with E-state index in [1.807, 2.05) is 36.4 Å². The monoisotopic (exact) mass is 311 g/mol. The second-order valence-electron chi connectivity index (χ2n) is 5.68. The van der Waals surface area contributed by atoms with E-state index < -0.39 is 23.7 Å². The van der Waals surface area contributed by atoms with Crippen molar-refractivity contribution < 1.29 is 19.1 Å². The minimum Gasteiger partial charge on any atom is -0.451 e. The van der Waals surface area contributed by atoms with Gasteiger partial charge < -0.3 is 14.8 Å². The molecule has 0 radical (unpaired) electrons. The molecule has 0 bridgehead atoms. The van der Waals surface area contributed by atoms with E-state index in [0.717, 1.165) is 5.56 Å². The number of cyclic esters (lactones) is 1. The first-order chi connectivity index (χ1) is 11.1. The van der Waals surface area contributed by atoms with Gasteiger partial charge in [-0.2, -0.15) is 0 Å². The van der Waals surface area contributed by atoms with Crippen LogP contribution in [0.25, 0.3) is 0 Å². The highest BCUT2D eigenvalue weighted by molar-refractivity contribution is 5.89. The van der Waals surface area contributed by atoms with Gasteiger partial charge in [0.1, 0.15) is 12.1 Å². The smallest absolute Gasteiger partial charge is 0.407 e. The number of amides is 1. The molecule has 2 aromatic carbocycles. The van der Waals surface area contributed by atoms with Crippen LogP contribution in [0, 0.1) is 0 Å². The first-order valence-corrected chi connectivity index (χ1v) is 7.34. The van der Waals surface area contributed by atoms with Crippen molar-refractivity contribution in [1.29, 1.82) is 0 Å². The number of ether oxygens (including phenoxy) is 2. The minimum atomic E-state index is -0.817. The Balaban J connectivity index is 1.90. The second-order valence-corrected chi connectivity index (χ2v) is 5.68. The summed E-state index contributed by atoms with van der Waals surface area (Å²) in [5.74, 6) is -0.443. The molecule has 5 heteroatoms. The van der Waals surface area contributed by atoms with Crippen LogP contribution in [0.3, 0.4) is 0 Å². The molecular weight excluding hydrogens is 294 g/mol. The molecule has 0 saturated carbocycles. The van der Waals surface area contributed by atoms with Gasteiger partial charge in [0.05, 0.1) is 5.56 Å². The van der Waals surface area contributed by atoms with Gasteiger partial charge >= 0.3 is 12.1 Å². The molecule has 0 aromatic heterocycles. The molecule has 1 fully saturated rings. The minimum absolute atomic E-state index is 0.132. The number of carbonyl (C=O) groups excluding carboxylic acids is 2. The molecule has 3 rings (SSSR count). The van der Waals surface area contributed by atoms with Gasteiger partial charge in [0.15, 0.2) is 6.10 Å². The van der Waals surface area contributed by atoms with E-state index in [1.54, 1.807) is 31.2 Å². The van der Waals surface area contributed by atoms with Crippen LogP contribution >= 0.6 is 0 Å². The van der Waals surface area contributed by atoms with Crippen LogP contribution in [0.15, 0.2) is 60.7 Å². The zero-order valence-electron chi connectivity index (χ0n) is 12.7. The number of hydrogen-bond donors (Lipinski definition) is 1. The van der Waals surface area contributed by atoms with Crippen LogP contribution in [0.2, 0.25) is 0 Å². The lowest BCUT2D eigenvalue weighted by Gasteiger charge is -2.31. The molecule has 1 aliphatic rings. The molecule has 1 saturated heterocycles. The Morgan fingerprint density at radius 1 is 1.13 bits per heavy atom. The highest BCUT2D eigenvalue weighted by atomic mass is 16.6. The van der Waals surface area contributed by atoms with Crippen LogP contribution in [-0.4, -0.2) is 24.2 Å². The molecule has 0 aliphatic carbocycles.